The Hall–Kier alpha value is -1.39. The summed E-state index contributed by atoms with van der Waals surface area (Å²) in [6, 6.07) is 10.9. The van der Waals surface area contributed by atoms with E-state index in [4.69, 9.17) is 4.74 Å². The second kappa shape index (κ2) is 7.66. The lowest BCUT2D eigenvalue weighted by molar-refractivity contribution is -0.122. The first-order chi connectivity index (χ1) is 11.5. The molecular formula is C20H30N2O2. The van der Waals surface area contributed by atoms with Gasteiger partial charge in [-0.05, 0) is 44.6 Å². The summed E-state index contributed by atoms with van der Waals surface area (Å²) in [4.78, 5) is 14.5. The van der Waals surface area contributed by atoms with Crippen LogP contribution in [-0.4, -0.2) is 42.1 Å². The fourth-order valence-electron chi connectivity index (χ4n) is 4.02. The lowest BCUT2D eigenvalue weighted by Crippen LogP contribution is -2.43. The van der Waals surface area contributed by atoms with Crippen LogP contribution in [0.15, 0.2) is 30.3 Å². The van der Waals surface area contributed by atoms with Gasteiger partial charge in [0.05, 0.1) is 12.2 Å². The monoisotopic (exact) mass is 330 g/mol. The summed E-state index contributed by atoms with van der Waals surface area (Å²) in [6.07, 6.45) is 3.82. The van der Waals surface area contributed by atoms with E-state index in [1.54, 1.807) is 0 Å². The predicted molar refractivity (Wildman–Crippen MR) is 95.6 cm³/mol. The maximum absolute atomic E-state index is 12.0. The molecule has 0 bridgehead atoms. The molecule has 0 radical (unpaired) electrons. The zero-order valence-corrected chi connectivity index (χ0v) is 15.0. The number of carbonyl (C=O) groups excluding carboxylic acids is 1. The normalized spacial score (nSPS) is 23.7. The third kappa shape index (κ3) is 4.58. The fraction of sp³-hybridized carbons (Fsp3) is 0.650. The van der Waals surface area contributed by atoms with Gasteiger partial charge in [-0.15, -0.1) is 0 Å². The molecule has 1 N–H and O–H groups in total. The molecule has 1 unspecified atom stereocenters. The quantitative estimate of drug-likeness (QED) is 0.902. The van der Waals surface area contributed by atoms with Gasteiger partial charge >= 0.3 is 0 Å². The lowest BCUT2D eigenvalue weighted by Gasteiger charge is -2.38. The average Bonchev–Trinajstić information content (AvgIpc) is 2.92. The van der Waals surface area contributed by atoms with Crippen molar-refractivity contribution in [1.29, 1.82) is 0 Å². The number of rotatable bonds is 5. The Balaban J connectivity index is 1.45. The second-order valence-corrected chi connectivity index (χ2v) is 7.75. The Morgan fingerprint density at radius 2 is 2.00 bits per heavy atom. The van der Waals surface area contributed by atoms with Crippen molar-refractivity contribution < 1.29 is 9.53 Å². The molecule has 0 aliphatic carbocycles. The Labute approximate surface area is 145 Å². The predicted octanol–water partition coefficient (Wildman–Crippen LogP) is 2.97. The van der Waals surface area contributed by atoms with E-state index in [0.29, 0.717) is 12.3 Å². The number of benzene rings is 1. The highest BCUT2D eigenvalue weighted by molar-refractivity contribution is 5.76. The van der Waals surface area contributed by atoms with Gasteiger partial charge in [0.1, 0.15) is 0 Å². The molecule has 4 nitrogen and oxygen atoms in total. The summed E-state index contributed by atoms with van der Waals surface area (Å²) >= 11 is 0. The van der Waals surface area contributed by atoms with Crippen molar-refractivity contribution in [3.63, 3.8) is 0 Å². The Morgan fingerprint density at radius 3 is 2.67 bits per heavy atom. The van der Waals surface area contributed by atoms with E-state index in [-0.39, 0.29) is 17.6 Å². The number of piperidine rings is 1. The fourth-order valence-corrected chi connectivity index (χ4v) is 4.02. The Kier molecular flexibility index (Phi) is 5.57. The molecule has 0 saturated carbocycles. The van der Waals surface area contributed by atoms with Crippen molar-refractivity contribution in [3.05, 3.63) is 35.9 Å². The van der Waals surface area contributed by atoms with Gasteiger partial charge in [0.2, 0.25) is 5.91 Å². The summed E-state index contributed by atoms with van der Waals surface area (Å²) in [5.41, 5.74) is 1.40. The third-order valence-corrected chi connectivity index (χ3v) is 5.23. The number of hydrogen-bond donors (Lipinski definition) is 1. The van der Waals surface area contributed by atoms with E-state index >= 15 is 0 Å². The van der Waals surface area contributed by atoms with Crippen LogP contribution in [0.2, 0.25) is 0 Å². The molecule has 132 valence electrons. The van der Waals surface area contributed by atoms with Crippen molar-refractivity contribution in [1.82, 2.24) is 10.2 Å². The number of hydrogen-bond acceptors (Lipinski definition) is 3. The molecular weight excluding hydrogens is 300 g/mol. The van der Waals surface area contributed by atoms with E-state index in [9.17, 15) is 4.79 Å². The molecule has 1 amide bonds. The molecule has 24 heavy (non-hydrogen) atoms. The first kappa shape index (κ1) is 17.4. The van der Waals surface area contributed by atoms with Crippen LogP contribution in [0.3, 0.4) is 0 Å². The largest absolute Gasteiger partial charge is 0.375 e. The van der Waals surface area contributed by atoms with Crippen LogP contribution in [0.1, 0.15) is 45.1 Å². The van der Waals surface area contributed by atoms with Crippen LogP contribution in [0.25, 0.3) is 0 Å². The van der Waals surface area contributed by atoms with Gasteiger partial charge in [0.25, 0.3) is 0 Å². The number of nitrogens with zero attached hydrogens (tertiary/aromatic N) is 1. The molecule has 2 heterocycles. The maximum Gasteiger partial charge on any atom is 0.220 e. The van der Waals surface area contributed by atoms with Crippen LogP contribution in [0, 0.1) is 5.92 Å². The molecule has 3 rings (SSSR count). The van der Waals surface area contributed by atoms with Crippen molar-refractivity contribution in [2.75, 3.05) is 19.7 Å². The Bertz CT molecular complexity index is 536. The van der Waals surface area contributed by atoms with Crippen LogP contribution >= 0.6 is 0 Å². The molecule has 1 aromatic carbocycles. The van der Waals surface area contributed by atoms with Gasteiger partial charge in [0, 0.05) is 32.1 Å². The van der Waals surface area contributed by atoms with Gasteiger partial charge in [-0.1, -0.05) is 30.3 Å². The van der Waals surface area contributed by atoms with Gasteiger partial charge in [-0.25, -0.2) is 0 Å². The van der Waals surface area contributed by atoms with Crippen molar-refractivity contribution >= 4 is 5.91 Å². The van der Waals surface area contributed by atoms with E-state index in [1.807, 2.05) is 13.8 Å². The van der Waals surface area contributed by atoms with Crippen LogP contribution < -0.4 is 5.32 Å². The van der Waals surface area contributed by atoms with Gasteiger partial charge in [-0.2, -0.15) is 0 Å². The molecule has 2 aliphatic heterocycles. The number of likely N-dealkylation sites (tertiary alicyclic amines) is 1. The zero-order valence-electron chi connectivity index (χ0n) is 15.0. The SMILES string of the molecule is CC(C)NC(=O)CC1COC2(CCN(Cc3ccccc3)CC2)C1. The highest BCUT2D eigenvalue weighted by Crippen LogP contribution is 2.39. The molecule has 2 saturated heterocycles. The lowest BCUT2D eigenvalue weighted by atomic mass is 9.84. The smallest absolute Gasteiger partial charge is 0.220 e. The van der Waals surface area contributed by atoms with Gasteiger partial charge < -0.3 is 10.1 Å². The number of nitrogens with one attached hydrogen (secondary N) is 1. The zero-order chi connectivity index (χ0) is 17.0. The molecule has 4 heteroatoms. The summed E-state index contributed by atoms with van der Waals surface area (Å²) < 4.78 is 6.19. The topological polar surface area (TPSA) is 41.6 Å². The first-order valence-corrected chi connectivity index (χ1v) is 9.24. The maximum atomic E-state index is 12.0. The summed E-state index contributed by atoms with van der Waals surface area (Å²) in [7, 11) is 0. The standard InChI is InChI=1S/C20H30N2O2/c1-16(2)21-19(23)12-18-13-20(24-15-18)8-10-22(11-9-20)14-17-6-4-3-5-7-17/h3-7,16,18H,8-15H2,1-2H3,(H,21,23). The van der Waals surface area contributed by atoms with E-state index < -0.39 is 0 Å². The van der Waals surface area contributed by atoms with E-state index in [0.717, 1.165) is 45.5 Å². The summed E-state index contributed by atoms with van der Waals surface area (Å²) in [6.45, 7) is 7.95. The highest BCUT2D eigenvalue weighted by Gasteiger charge is 2.42. The number of ether oxygens (including phenoxy) is 1. The molecule has 1 aromatic rings. The van der Waals surface area contributed by atoms with Crippen LogP contribution in [0.4, 0.5) is 0 Å². The van der Waals surface area contributed by atoms with Crippen molar-refractivity contribution in [2.24, 2.45) is 5.92 Å². The highest BCUT2D eigenvalue weighted by atomic mass is 16.5. The number of carbonyl (C=O) groups is 1. The molecule has 2 fully saturated rings. The molecule has 2 aliphatic rings. The summed E-state index contributed by atoms with van der Waals surface area (Å²) in [5, 5.41) is 2.99. The van der Waals surface area contributed by atoms with E-state index in [2.05, 4.69) is 40.5 Å². The van der Waals surface area contributed by atoms with Crippen molar-refractivity contribution in [2.45, 2.75) is 57.7 Å². The minimum absolute atomic E-state index is 0.0238. The number of amides is 1. The average molecular weight is 330 g/mol. The van der Waals surface area contributed by atoms with Gasteiger partial charge in [0.15, 0.2) is 0 Å². The van der Waals surface area contributed by atoms with Gasteiger partial charge in [-0.3, -0.25) is 9.69 Å². The minimum Gasteiger partial charge on any atom is -0.375 e. The van der Waals surface area contributed by atoms with Crippen LogP contribution in [-0.2, 0) is 16.1 Å². The van der Waals surface area contributed by atoms with Crippen molar-refractivity contribution in [3.8, 4) is 0 Å². The third-order valence-electron chi connectivity index (χ3n) is 5.23. The first-order valence-electron chi connectivity index (χ1n) is 9.24. The minimum atomic E-state index is 0.0238. The molecule has 1 atom stereocenters. The Morgan fingerprint density at radius 1 is 1.29 bits per heavy atom. The van der Waals surface area contributed by atoms with E-state index in [1.165, 1.54) is 5.56 Å². The second-order valence-electron chi connectivity index (χ2n) is 7.75. The molecule has 1 spiro atoms. The molecule has 0 aromatic heterocycles. The van der Waals surface area contributed by atoms with Crippen LogP contribution in [0.5, 0.6) is 0 Å². The summed E-state index contributed by atoms with van der Waals surface area (Å²) in [5.74, 6) is 0.543.